The van der Waals surface area contributed by atoms with Crippen LogP contribution < -0.4 is 10.9 Å². The predicted octanol–water partition coefficient (Wildman–Crippen LogP) is 2.61. The SMILES string of the molecule is Cc1sc2ncn(CCC(=O)NCc3ccccc3CN3CCOCC3)c(=O)c2c1C. The van der Waals surface area contributed by atoms with Crippen LogP contribution in [0.25, 0.3) is 10.2 Å². The zero-order chi connectivity index (χ0) is 21.8. The molecule has 1 saturated heterocycles. The lowest BCUT2D eigenvalue weighted by Gasteiger charge is -2.27. The van der Waals surface area contributed by atoms with E-state index in [1.54, 1.807) is 6.33 Å². The molecule has 1 amide bonds. The number of hydrogen-bond acceptors (Lipinski definition) is 6. The van der Waals surface area contributed by atoms with Gasteiger partial charge in [0.05, 0.1) is 24.9 Å². The first kappa shape index (κ1) is 21.7. The molecular formula is C23H28N4O3S. The van der Waals surface area contributed by atoms with E-state index in [0.29, 0.717) is 18.5 Å². The van der Waals surface area contributed by atoms with Crippen molar-refractivity contribution in [1.29, 1.82) is 0 Å². The third-order valence-electron chi connectivity index (χ3n) is 5.83. The number of morpholine rings is 1. The number of ether oxygens (including phenoxy) is 1. The molecule has 2 aromatic heterocycles. The highest BCUT2D eigenvalue weighted by molar-refractivity contribution is 7.18. The van der Waals surface area contributed by atoms with Gasteiger partial charge >= 0.3 is 0 Å². The number of benzene rings is 1. The van der Waals surface area contributed by atoms with Gasteiger partial charge in [-0.3, -0.25) is 19.1 Å². The zero-order valence-corrected chi connectivity index (χ0v) is 18.8. The second kappa shape index (κ2) is 9.72. The van der Waals surface area contributed by atoms with E-state index in [1.165, 1.54) is 21.5 Å². The van der Waals surface area contributed by atoms with Crippen LogP contribution >= 0.6 is 11.3 Å². The van der Waals surface area contributed by atoms with E-state index in [0.717, 1.165) is 53.7 Å². The van der Waals surface area contributed by atoms with Crippen molar-refractivity contribution in [3.05, 3.63) is 62.5 Å². The maximum Gasteiger partial charge on any atom is 0.262 e. The van der Waals surface area contributed by atoms with Crippen molar-refractivity contribution < 1.29 is 9.53 Å². The lowest BCUT2D eigenvalue weighted by atomic mass is 10.1. The lowest BCUT2D eigenvalue weighted by Crippen LogP contribution is -2.36. The molecule has 3 aromatic rings. The monoisotopic (exact) mass is 440 g/mol. The molecule has 0 saturated carbocycles. The van der Waals surface area contributed by atoms with Gasteiger partial charge in [0.2, 0.25) is 5.91 Å². The largest absolute Gasteiger partial charge is 0.379 e. The Hall–Kier alpha value is -2.55. The van der Waals surface area contributed by atoms with Crippen molar-refractivity contribution in [1.82, 2.24) is 19.8 Å². The first-order chi connectivity index (χ1) is 15.0. The molecule has 1 fully saturated rings. The topological polar surface area (TPSA) is 76.5 Å². The molecule has 31 heavy (non-hydrogen) atoms. The van der Waals surface area contributed by atoms with E-state index in [-0.39, 0.29) is 17.9 Å². The summed E-state index contributed by atoms with van der Waals surface area (Å²) in [5, 5.41) is 3.67. The summed E-state index contributed by atoms with van der Waals surface area (Å²) in [6, 6.07) is 8.20. The van der Waals surface area contributed by atoms with Crippen molar-refractivity contribution in [3.8, 4) is 0 Å². The summed E-state index contributed by atoms with van der Waals surface area (Å²) in [5.74, 6) is -0.0774. The molecule has 164 valence electrons. The van der Waals surface area contributed by atoms with E-state index in [9.17, 15) is 9.59 Å². The van der Waals surface area contributed by atoms with Crippen LogP contribution in [0.4, 0.5) is 0 Å². The molecule has 1 aromatic carbocycles. The highest BCUT2D eigenvalue weighted by Crippen LogP contribution is 2.25. The molecule has 1 N–H and O–H groups in total. The van der Waals surface area contributed by atoms with E-state index < -0.39 is 0 Å². The van der Waals surface area contributed by atoms with Gasteiger partial charge in [-0.05, 0) is 30.5 Å². The molecule has 0 bridgehead atoms. The number of aryl methyl sites for hydroxylation is 3. The Morgan fingerprint density at radius 3 is 2.71 bits per heavy atom. The molecule has 0 aliphatic carbocycles. The summed E-state index contributed by atoms with van der Waals surface area (Å²) in [6.45, 7) is 8.99. The molecular weight excluding hydrogens is 412 g/mol. The Kier molecular flexibility index (Phi) is 6.80. The lowest BCUT2D eigenvalue weighted by molar-refractivity contribution is -0.121. The molecule has 0 unspecified atom stereocenters. The summed E-state index contributed by atoms with van der Waals surface area (Å²) in [6.07, 6.45) is 1.78. The highest BCUT2D eigenvalue weighted by Gasteiger charge is 2.14. The standard InChI is InChI=1S/C23H28N4O3S/c1-16-17(2)31-22-21(16)23(29)27(15-25-22)8-7-20(28)24-13-18-5-3-4-6-19(18)14-26-9-11-30-12-10-26/h3-6,15H,7-14H2,1-2H3,(H,24,28). The molecule has 3 heterocycles. The van der Waals surface area contributed by atoms with Crippen LogP contribution in [0.1, 0.15) is 28.0 Å². The fraction of sp³-hybridized carbons (Fsp3) is 0.435. The molecule has 0 atom stereocenters. The minimum Gasteiger partial charge on any atom is -0.379 e. The summed E-state index contributed by atoms with van der Waals surface area (Å²) in [4.78, 5) is 33.9. The van der Waals surface area contributed by atoms with E-state index >= 15 is 0 Å². The van der Waals surface area contributed by atoms with Crippen molar-refractivity contribution in [2.75, 3.05) is 26.3 Å². The van der Waals surface area contributed by atoms with Crippen LogP contribution in [0.15, 0.2) is 35.4 Å². The Balaban J connectivity index is 1.35. The average Bonchev–Trinajstić information content (AvgIpc) is 3.07. The third kappa shape index (κ3) is 5.03. The van der Waals surface area contributed by atoms with E-state index in [2.05, 4.69) is 27.3 Å². The Morgan fingerprint density at radius 1 is 1.19 bits per heavy atom. The van der Waals surface area contributed by atoms with Gasteiger partial charge in [0.1, 0.15) is 4.83 Å². The van der Waals surface area contributed by atoms with Crippen LogP contribution in [0.2, 0.25) is 0 Å². The second-order valence-corrected chi connectivity index (χ2v) is 9.09. The van der Waals surface area contributed by atoms with E-state index in [1.807, 2.05) is 26.0 Å². The van der Waals surface area contributed by atoms with Gasteiger partial charge in [-0.2, -0.15) is 0 Å². The van der Waals surface area contributed by atoms with Crippen LogP contribution in [0.3, 0.4) is 0 Å². The maximum atomic E-state index is 12.8. The maximum absolute atomic E-state index is 12.8. The van der Waals surface area contributed by atoms with Crippen molar-refractivity contribution in [3.63, 3.8) is 0 Å². The summed E-state index contributed by atoms with van der Waals surface area (Å²) in [5.41, 5.74) is 3.24. The smallest absolute Gasteiger partial charge is 0.262 e. The normalized spacial score (nSPS) is 14.8. The Morgan fingerprint density at radius 2 is 1.94 bits per heavy atom. The summed E-state index contributed by atoms with van der Waals surface area (Å²) >= 11 is 1.53. The van der Waals surface area contributed by atoms with Crippen molar-refractivity contribution in [2.24, 2.45) is 0 Å². The van der Waals surface area contributed by atoms with Crippen LogP contribution in [-0.4, -0.2) is 46.7 Å². The zero-order valence-electron chi connectivity index (χ0n) is 18.0. The molecule has 7 nitrogen and oxygen atoms in total. The number of aromatic nitrogens is 2. The molecule has 0 radical (unpaired) electrons. The number of thiophene rings is 1. The number of carbonyl (C=O) groups is 1. The third-order valence-corrected chi connectivity index (χ3v) is 6.94. The van der Waals surface area contributed by atoms with Crippen LogP contribution in [0.5, 0.6) is 0 Å². The number of carbonyl (C=O) groups excluding carboxylic acids is 1. The number of amides is 1. The number of nitrogens with one attached hydrogen (secondary N) is 1. The minimum atomic E-state index is -0.0774. The average molecular weight is 441 g/mol. The van der Waals surface area contributed by atoms with Gasteiger partial charge in [-0.25, -0.2) is 4.98 Å². The first-order valence-electron chi connectivity index (χ1n) is 10.6. The predicted molar refractivity (Wildman–Crippen MR) is 122 cm³/mol. The van der Waals surface area contributed by atoms with Crippen molar-refractivity contribution >= 4 is 27.5 Å². The Labute approximate surface area is 185 Å². The number of fused-ring (bicyclic) bond motifs is 1. The molecule has 1 aliphatic heterocycles. The van der Waals surface area contributed by atoms with E-state index in [4.69, 9.17) is 4.74 Å². The molecule has 8 heteroatoms. The summed E-state index contributed by atoms with van der Waals surface area (Å²) in [7, 11) is 0. The van der Waals surface area contributed by atoms with Gasteiger partial charge in [-0.1, -0.05) is 24.3 Å². The number of nitrogens with zero attached hydrogens (tertiary/aromatic N) is 3. The Bertz CT molecular complexity index is 1130. The quantitative estimate of drug-likeness (QED) is 0.611. The molecule has 1 aliphatic rings. The number of hydrogen-bond donors (Lipinski definition) is 1. The molecule has 4 rings (SSSR count). The second-order valence-electron chi connectivity index (χ2n) is 7.89. The summed E-state index contributed by atoms with van der Waals surface area (Å²) < 4.78 is 6.96. The molecule has 0 spiro atoms. The minimum absolute atomic E-state index is 0.0736. The highest BCUT2D eigenvalue weighted by atomic mass is 32.1. The number of rotatable bonds is 7. The van der Waals surface area contributed by atoms with Crippen molar-refractivity contribution in [2.45, 2.75) is 39.9 Å². The fourth-order valence-corrected chi connectivity index (χ4v) is 4.81. The van der Waals surface area contributed by atoms with Gasteiger partial charge < -0.3 is 10.1 Å². The van der Waals surface area contributed by atoms with Gasteiger partial charge in [-0.15, -0.1) is 11.3 Å². The van der Waals surface area contributed by atoms with Crippen LogP contribution in [-0.2, 0) is 29.2 Å². The van der Waals surface area contributed by atoms with Crippen LogP contribution in [0, 0.1) is 13.8 Å². The fourth-order valence-electron chi connectivity index (χ4n) is 3.82. The van der Waals surface area contributed by atoms with Gasteiger partial charge in [0.15, 0.2) is 0 Å². The first-order valence-corrected chi connectivity index (χ1v) is 11.4. The van der Waals surface area contributed by atoms with Gasteiger partial charge in [0, 0.05) is 44.0 Å². The van der Waals surface area contributed by atoms with Gasteiger partial charge in [0.25, 0.3) is 5.56 Å².